The van der Waals surface area contributed by atoms with Gasteiger partial charge in [0.05, 0.1) is 13.2 Å². The van der Waals surface area contributed by atoms with Crippen molar-refractivity contribution in [1.82, 2.24) is 5.32 Å². The van der Waals surface area contributed by atoms with E-state index in [0.29, 0.717) is 31.0 Å². The number of amides is 1. The van der Waals surface area contributed by atoms with Gasteiger partial charge in [0.25, 0.3) is 5.91 Å². The SMILES string of the molecule is COCCOC(COc1cccc(C(=O)NCCN)c1)N=[N+]=[N-]. The highest BCUT2D eigenvalue weighted by atomic mass is 16.6. The molecule has 9 nitrogen and oxygen atoms in total. The highest BCUT2D eigenvalue weighted by Gasteiger charge is 2.10. The zero-order valence-corrected chi connectivity index (χ0v) is 13.0. The number of methoxy groups -OCH3 is 1. The lowest BCUT2D eigenvalue weighted by Crippen LogP contribution is -2.29. The summed E-state index contributed by atoms with van der Waals surface area (Å²) in [5, 5.41) is 6.16. The minimum absolute atomic E-state index is 0.0294. The van der Waals surface area contributed by atoms with E-state index in [2.05, 4.69) is 15.3 Å². The summed E-state index contributed by atoms with van der Waals surface area (Å²) in [6, 6.07) is 6.65. The smallest absolute Gasteiger partial charge is 0.251 e. The highest BCUT2D eigenvalue weighted by molar-refractivity contribution is 5.94. The van der Waals surface area contributed by atoms with Crippen molar-refractivity contribution in [2.45, 2.75) is 6.23 Å². The Bertz CT molecular complexity index is 534. The van der Waals surface area contributed by atoms with E-state index in [9.17, 15) is 4.79 Å². The summed E-state index contributed by atoms with van der Waals surface area (Å²) in [7, 11) is 1.55. The van der Waals surface area contributed by atoms with Crippen LogP contribution in [0.15, 0.2) is 29.4 Å². The molecule has 0 heterocycles. The maximum absolute atomic E-state index is 11.8. The number of hydrogen-bond donors (Lipinski definition) is 2. The van der Waals surface area contributed by atoms with Crippen molar-refractivity contribution >= 4 is 5.91 Å². The predicted octanol–water partition coefficient (Wildman–Crippen LogP) is 1.05. The molecule has 0 fully saturated rings. The van der Waals surface area contributed by atoms with Crippen LogP contribution in [0.1, 0.15) is 10.4 Å². The first-order valence-electron chi connectivity index (χ1n) is 7.07. The fourth-order valence-electron chi connectivity index (χ4n) is 1.62. The van der Waals surface area contributed by atoms with Crippen LogP contribution in [0.25, 0.3) is 10.4 Å². The number of rotatable bonds is 11. The minimum atomic E-state index is -0.773. The lowest BCUT2D eigenvalue weighted by Gasteiger charge is -2.14. The van der Waals surface area contributed by atoms with Gasteiger partial charge in [-0.2, -0.15) is 0 Å². The van der Waals surface area contributed by atoms with Crippen LogP contribution in [0.4, 0.5) is 0 Å². The van der Waals surface area contributed by atoms with Gasteiger partial charge >= 0.3 is 0 Å². The van der Waals surface area contributed by atoms with E-state index in [-0.39, 0.29) is 19.1 Å². The van der Waals surface area contributed by atoms with Gasteiger partial charge in [0, 0.05) is 30.7 Å². The Kier molecular flexibility index (Phi) is 9.18. The summed E-state index contributed by atoms with van der Waals surface area (Å²) in [6.07, 6.45) is -0.773. The van der Waals surface area contributed by atoms with Gasteiger partial charge < -0.3 is 25.3 Å². The second-order valence-electron chi connectivity index (χ2n) is 4.41. The molecule has 0 spiro atoms. The Morgan fingerprint density at radius 2 is 2.30 bits per heavy atom. The summed E-state index contributed by atoms with van der Waals surface area (Å²) in [5.41, 5.74) is 14.3. The molecule has 0 radical (unpaired) electrons. The quantitative estimate of drug-likeness (QED) is 0.272. The maximum atomic E-state index is 11.8. The molecule has 0 saturated heterocycles. The average molecular weight is 323 g/mol. The van der Waals surface area contributed by atoms with Crippen LogP contribution in [0.2, 0.25) is 0 Å². The van der Waals surface area contributed by atoms with Gasteiger partial charge in [-0.15, -0.1) is 0 Å². The van der Waals surface area contributed by atoms with Gasteiger partial charge in [0.1, 0.15) is 12.4 Å². The summed E-state index contributed by atoms with van der Waals surface area (Å²) in [4.78, 5) is 14.6. The van der Waals surface area contributed by atoms with E-state index in [1.54, 1.807) is 31.4 Å². The molecule has 23 heavy (non-hydrogen) atoms. The first-order chi connectivity index (χ1) is 11.2. The molecule has 1 aromatic carbocycles. The fraction of sp³-hybridized carbons (Fsp3) is 0.500. The van der Waals surface area contributed by atoms with Crippen LogP contribution in [-0.4, -0.2) is 52.2 Å². The van der Waals surface area contributed by atoms with Crippen LogP contribution in [0.5, 0.6) is 5.75 Å². The van der Waals surface area contributed by atoms with E-state index >= 15 is 0 Å². The number of azide groups is 1. The van der Waals surface area contributed by atoms with Crippen molar-refractivity contribution in [3.05, 3.63) is 40.3 Å². The molecule has 1 amide bonds. The van der Waals surface area contributed by atoms with Gasteiger partial charge in [-0.3, -0.25) is 4.79 Å². The monoisotopic (exact) mass is 323 g/mol. The van der Waals surface area contributed by atoms with E-state index in [4.69, 9.17) is 25.5 Å². The topological polar surface area (TPSA) is 132 Å². The summed E-state index contributed by atoms with van der Waals surface area (Å²) in [5.74, 6) is 0.239. The zero-order valence-electron chi connectivity index (χ0n) is 13.0. The number of carbonyl (C=O) groups excluding carboxylic acids is 1. The first-order valence-corrected chi connectivity index (χ1v) is 7.07. The molecule has 0 aromatic heterocycles. The third-order valence-electron chi connectivity index (χ3n) is 2.70. The molecule has 1 atom stereocenters. The van der Waals surface area contributed by atoms with E-state index in [1.807, 2.05) is 0 Å². The number of nitrogens with one attached hydrogen (secondary N) is 1. The van der Waals surface area contributed by atoms with Crippen molar-refractivity contribution in [3.63, 3.8) is 0 Å². The molecule has 1 aromatic rings. The zero-order chi connectivity index (χ0) is 16.9. The second kappa shape index (κ2) is 11.3. The molecule has 0 aliphatic heterocycles. The standard InChI is InChI=1S/C14H21N5O4/c1-21-7-8-22-13(18-19-16)10-23-12-4-2-3-11(9-12)14(20)17-6-5-15/h2-4,9,13H,5-8,10,15H2,1H3,(H,17,20). The average Bonchev–Trinajstić information content (AvgIpc) is 2.58. The molecular formula is C14H21N5O4. The van der Waals surface area contributed by atoms with Crippen LogP contribution in [-0.2, 0) is 9.47 Å². The van der Waals surface area contributed by atoms with Crippen molar-refractivity contribution in [2.75, 3.05) is 40.0 Å². The molecule has 3 N–H and O–H groups in total. The van der Waals surface area contributed by atoms with Crippen LogP contribution < -0.4 is 15.8 Å². The second-order valence-corrected chi connectivity index (χ2v) is 4.41. The Morgan fingerprint density at radius 1 is 1.48 bits per heavy atom. The van der Waals surface area contributed by atoms with Gasteiger partial charge in [-0.1, -0.05) is 11.2 Å². The maximum Gasteiger partial charge on any atom is 0.251 e. The van der Waals surface area contributed by atoms with Crippen molar-refractivity contribution in [3.8, 4) is 5.75 Å². The molecule has 9 heteroatoms. The van der Waals surface area contributed by atoms with Gasteiger partial charge in [0.2, 0.25) is 0 Å². The first kappa shape index (κ1) is 18.7. The van der Waals surface area contributed by atoms with Crippen LogP contribution >= 0.6 is 0 Å². The van der Waals surface area contributed by atoms with Crippen molar-refractivity contribution < 1.29 is 19.0 Å². The highest BCUT2D eigenvalue weighted by Crippen LogP contribution is 2.14. The number of nitrogens with two attached hydrogens (primary N) is 1. The molecule has 1 unspecified atom stereocenters. The molecule has 0 saturated carbocycles. The van der Waals surface area contributed by atoms with Crippen LogP contribution in [0, 0.1) is 0 Å². The lowest BCUT2D eigenvalue weighted by molar-refractivity contribution is -0.00165. The Morgan fingerprint density at radius 3 is 3.00 bits per heavy atom. The predicted molar refractivity (Wildman–Crippen MR) is 84.1 cm³/mol. The summed E-state index contributed by atoms with van der Waals surface area (Å²) in [6.45, 7) is 1.46. The van der Waals surface area contributed by atoms with Crippen LogP contribution in [0.3, 0.4) is 0 Å². The van der Waals surface area contributed by atoms with Gasteiger partial charge in [0.15, 0.2) is 6.23 Å². The van der Waals surface area contributed by atoms with Gasteiger partial charge in [-0.05, 0) is 23.7 Å². The number of ether oxygens (including phenoxy) is 3. The van der Waals surface area contributed by atoms with E-state index in [1.165, 1.54) is 0 Å². The van der Waals surface area contributed by atoms with Crippen molar-refractivity contribution in [1.29, 1.82) is 0 Å². The van der Waals surface area contributed by atoms with Crippen molar-refractivity contribution in [2.24, 2.45) is 10.8 Å². The van der Waals surface area contributed by atoms with E-state index in [0.717, 1.165) is 0 Å². The third-order valence-corrected chi connectivity index (χ3v) is 2.70. The Labute approximate surface area is 134 Å². The number of carbonyl (C=O) groups is 1. The molecule has 0 aliphatic carbocycles. The normalized spacial score (nSPS) is 11.4. The Hall–Kier alpha value is -2.32. The number of hydrogen-bond acceptors (Lipinski definition) is 6. The molecule has 0 aliphatic rings. The number of nitrogens with zero attached hydrogens (tertiary/aromatic N) is 3. The summed E-state index contributed by atoms with van der Waals surface area (Å²) < 4.78 is 15.7. The molecule has 1 rings (SSSR count). The minimum Gasteiger partial charge on any atom is -0.491 e. The number of benzene rings is 1. The lowest BCUT2D eigenvalue weighted by atomic mass is 10.2. The van der Waals surface area contributed by atoms with E-state index < -0.39 is 6.23 Å². The molecule has 0 bridgehead atoms. The molecular weight excluding hydrogens is 302 g/mol. The third kappa shape index (κ3) is 7.48. The fourth-order valence-corrected chi connectivity index (χ4v) is 1.62. The Balaban J connectivity index is 2.58. The summed E-state index contributed by atoms with van der Waals surface area (Å²) >= 11 is 0. The molecule has 126 valence electrons. The van der Waals surface area contributed by atoms with Gasteiger partial charge in [-0.25, -0.2) is 0 Å². The largest absolute Gasteiger partial charge is 0.491 e.